The van der Waals surface area contributed by atoms with Gasteiger partial charge in [-0.2, -0.15) is 0 Å². The molecule has 1 amide bonds. The Kier molecular flexibility index (Phi) is 7.19. The number of phenols is 1. The van der Waals surface area contributed by atoms with Crippen molar-refractivity contribution in [3.8, 4) is 11.5 Å². The summed E-state index contributed by atoms with van der Waals surface area (Å²) in [5.41, 5.74) is 3.55. The van der Waals surface area contributed by atoms with Gasteiger partial charge in [-0.25, -0.2) is 4.99 Å². The van der Waals surface area contributed by atoms with Gasteiger partial charge >= 0.3 is 0 Å². The predicted octanol–water partition coefficient (Wildman–Crippen LogP) is 6.61. The van der Waals surface area contributed by atoms with E-state index in [0.717, 1.165) is 51.0 Å². The van der Waals surface area contributed by atoms with Gasteiger partial charge < -0.3 is 14.7 Å². The van der Waals surface area contributed by atoms with Crippen molar-refractivity contribution < 1.29 is 14.6 Å². The van der Waals surface area contributed by atoms with Gasteiger partial charge in [0.05, 0.1) is 23.5 Å². The zero-order chi connectivity index (χ0) is 24.6. The fourth-order valence-corrected chi connectivity index (χ4v) is 6.31. The molecule has 2 aromatic rings. The number of nitrogens with zero attached hydrogens (tertiary/aromatic N) is 3. The lowest BCUT2D eigenvalue weighted by molar-refractivity contribution is -0.122. The molecule has 2 aliphatic rings. The van der Waals surface area contributed by atoms with E-state index < -0.39 is 0 Å². The molecule has 34 heavy (non-hydrogen) atoms. The van der Waals surface area contributed by atoms with E-state index in [-0.39, 0.29) is 17.6 Å². The highest BCUT2D eigenvalue weighted by Crippen LogP contribution is 2.51. The number of benzene rings is 2. The van der Waals surface area contributed by atoms with Gasteiger partial charge in [-0.15, -0.1) is 0 Å². The summed E-state index contributed by atoms with van der Waals surface area (Å²) in [5.74, 6) is 1.24. The number of aliphatic imine (C=N–C) groups is 1. The van der Waals surface area contributed by atoms with Crippen LogP contribution in [-0.4, -0.2) is 41.8 Å². The van der Waals surface area contributed by atoms with Crippen LogP contribution in [0, 0.1) is 6.92 Å². The number of anilines is 1. The third-order valence-electron chi connectivity index (χ3n) is 6.02. The number of amides is 1. The molecule has 0 bridgehead atoms. The first-order chi connectivity index (χ1) is 16.2. The van der Waals surface area contributed by atoms with Crippen LogP contribution in [0.1, 0.15) is 50.7 Å². The number of thioether (sulfide) groups is 2. The minimum atomic E-state index is -0.00756. The number of aryl methyl sites for hydroxylation is 1. The average Bonchev–Trinajstić information content (AvgIpc) is 3.29. The monoisotopic (exact) mass is 497 g/mol. The summed E-state index contributed by atoms with van der Waals surface area (Å²) in [6, 6.07) is 9.67. The molecule has 1 fully saturated rings. The Hall–Kier alpha value is -2.58. The highest BCUT2D eigenvalue weighted by atomic mass is 32.2. The summed E-state index contributed by atoms with van der Waals surface area (Å²) in [5, 5.41) is 12.0. The van der Waals surface area contributed by atoms with Crippen LogP contribution < -0.4 is 9.64 Å². The molecule has 6 nitrogen and oxygen atoms in total. The number of methoxy groups -OCH3 is 1. The molecule has 2 aromatic carbocycles. The van der Waals surface area contributed by atoms with Gasteiger partial charge in [0, 0.05) is 24.6 Å². The van der Waals surface area contributed by atoms with Crippen molar-refractivity contribution in [3.63, 3.8) is 0 Å². The number of carbonyl (C=O) groups excluding carboxylic acids is 1. The number of unbranched alkanes of at least 4 members (excludes halogenated alkanes) is 1. The van der Waals surface area contributed by atoms with E-state index in [1.807, 2.05) is 52.1 Å². The minimum absolute atomic E-state index is 0.00756. The maximum absolute atomic E-state index is 13.6. The molecule has 2 aliphatic heterocycles. The number of hydrogen-bond acceptors (Lipinski definition) is 7. The fraction of sp³-hybridized carbons (Fsp3) is 0.385. The molecule has 8 heteroatoms. The molecular weight excluding hydrogens is 466 g/mol. The second-order valence-corrected chi connectivity index (χ2v) is 10.8. The Morgan fingerprint density at radius 2 is 1.94 bits per heavy atom. The van der Waals surface area contributed by atoms with Crippen molar-refractivity contribution in [2.45, 2.75) is 51.3 Å². The summed E-state index contributed by atoms with van der Waals surface area (Å²) in [4.78, 5) is 24.2. The van der Waals surface area contributed by atoms with Gasteiger partial charge in [0.2, 0.25) is 0 Å². The van der Waals surface area contributed by atoms with E-state index in [1.165, 1.54) is 11.8 Å². The van der Waals surface area contributed by atoms with E-state index in [2.05, 4.69) is 11.8 Å². The summed E-state index contributed by atoms with van der Waals surface area (Å²) >= 11 is 3.03. The molecule has 2 heterocycles. The van der Waals surface area contributed by atoms with Crippen molar-refractivity contribution in [1.29, 1.82) is 0 Å². The lowest BCUT2D eigenvalue weighted by atomic mass is 9.99. The molecule has 0 aromatic heterocycles. The highest BCUT2D eigenvalue weighted by molar-refractivity contribution is 8.19. The van der Waals surface area contributed by atoms with E-state index in [9.17, 15) is 9.90 Å². The molecule has 0 atom stereocenters. The number of fused-ring (bicyclic) bond motifs is 1. The zero-order valence-electron chi connectivity index (χ0n) is 20.5. The molecule has 0 spiro atoms. The maximum Gasteiger partial charge on any atom is 0.269 e. The van der Waals surface area contributed by atoms with Crippen molar-refractivity contribution in [1.82, 2.24) is 4.90 Å². The number of phenolic OH excluding ortho intramolecular Hbond substituents is 1. The van der Waals surface area contributed by atoms with Crippen LogP contribution >= 0.6 is 23.5 Å². The van der Waals surface area contributed by atoms with E-state index in [0.29, 0.717) is 16.6 Å². The summed E-state index contributed by atoms with van der Waals surface area (Å²) in [6.07, 6.45) is 1.89. The highest BCUT2D eigenvalue weighted by Gasteiger charge is 2.39. The number of amidine groups is 1. The van der Waals surface area contributed by atoms with Gasteiger partial charge in [-0.05, 0) is 66.4 Å². The van der Waals surface area contributed by atoms with Crippen molar-refractivity contribution in [2.75, 3.05) is 25.6 Å². The second-order valence-electron chi connectivity index (χ2n) is 8.79. The van der Waals surface area contributed by atoms with E-state index in [1.54, 1.807) is 29.8 Å². The van der Waals surface area contributed by atoms with Crippen molar-refractivity contribution in [2.24, 2.45) is 4.99 Å². The Bertz CT molecular complexity index is 1190. The molecule has 4 rings (SSSR count). The van der Waals surface area contributed by atoms with Crippen molar-refractivity contribution >= 4 is 46.0 Å². The number of rotatable bonds is 6. The quantitative estimate of drug-likeness (QED) is 0.453. The van der Waals surface area contributed by atoms with Gasteiger partial charge in [-0.3, -0.25) is 9.69 Å². The summed E-state index contributed by atoms with van der Waals surface area (Å²) in [7, 11) is 3.64. The van der Waals surface area contributed by atoms with Crippen LogP contribution in [0.25, 0.3) is 0 Å². The average molecular weight is 498 g/mol. The first kappa shape index (κ1) is 24.5. The normalized spacial score (nSPS) is 19.0. The molecule has 180 valence electrons. The van der Waals surface area contributed by atoms with Gasteiger partial charge in [0.1, 0.15) is 16.4 Å². The molecule has 1 saturated heterocycles. The smallest absolute Gasteiger partial charge is 0.269 e. The molecular formula is C26H31N3O3S2. The lowest BCUT2D eigenvalue weighted by Crippen LogP contribution is -2.30. The Morgan fingerprint density at radius 1 is 1.18 bits per heavy atom. The first-order valence-corrected chi connectivity index (χ1v) is 13.1. The topological polar surface area (TPSA) is 65.4 Å². The zero-order valence-corrected chi connectivity index (χ0v) is 22.1. The number of ether oxygens (including phenoxy) is 1. The first-order valence-electron chi connectivity index (χ1n) is 11.5. The standard InChI is InChI=1S/C26H31N3O3S2/c1-7-8-11-29-24(31)23(25-28(5)20-13-17(32-6)9-10-22(20)33-25)34-26(29)27-19-14-18(15(2)3)21(30)12-16(19)4/h9-10,12-15,30H,7-8,11H2,1-6H3/b25-23-,27-26?. The van der Waals surface area contributed by atoms with Crippen molar-refractivity contribution in [3.05, 3.63) is 51.4 Å². The Morgan fingerprint density at radius 3 is 2.62 bits per heavy atom. The van der Waals surface area contributed by atoms with Crippen LogP contribution in [0.5, 0.6) is 11.5 Å². The SMILES string of the molecule is CCCCN1C(=O)/C(=C2/Sc3ccc(OC)cc3N2C)SC1=Nc1cc(C(C)C)c(O)cc1C. The Labute approximate surface area is 210 Å². The number of aromatic hydroxyl groups is 1. The minimum Gasteiger partial charge on any atom is -0.508 e. The van der Waals surface area contributed by atoms with Crippen LogP contribution in [0.3, 0.4) is 0 Å². The van der Waals surface area contributed by atoms with Crippen LogP contribution in [0.4, 0.5) is 11.4 Å². The van der Waals surface area contributed by atoms with E-state index >= 15 is 0 Å². The third kappa shape index (κ3) is 4.53. The van der Waals surface area contributed by atoms with E-state index in [4.69, 9.17) is 9.73 Å². The second kappa shape index (κ2) is 9.96. The number of hydrogen-bond donors (Lipinski definition) is 1. The third-order valence-corrected chi connectivity index (χ3v) is 8.45. The van der Waals surface area contributed by atoms with Gasteiger partial charge in [0.25, 0.3) is 5.91 Å². The largest absolute Gasteiger partial charge is 0.508 e. The van der Waals surface area contributed by atoms with Crippen LogP contribution in [0.2, 0.25) is 0 Å². The summed E-state index contributed by atoms with van der Waals surface area (Å²) < 4.78 is 5.39. The molecule has 0 radical (unpaired) electrons. The molecule has 0 aliphatic carbocycles. The Balaban J connectivity index is 1.75. The molecule has 1 N–H and O–H groups in total. The van der Waals surface area contributed by atoms with Gasteiger partial charge in [0.15, 0.2) is 5.17 Å². The molecule has 0 unspecified atom stereocenters. The predicted molar refractivity (Wildman–Crippen MR) is 143 cm³/mol. The van der Waals surface area contributed by atoms with Crippen LogP contribution in [0.15, 0.2) is 50.2 Å². The molecule has 0 saturated carbocycles. The van der Waals surface area contributed by atoms with Gasteiger partial charge in [-0.1, -0.05) is 39.0 Å². The lowest BCUT2D eigenvalue weighted by Gasteiger charge is -2.17. The van der Waals surface area contributed by atoms with Crippen LogP contribution in [-0.2, 0) is 4.79 Å². The maximum atomic E-state index is 13.6. The fourth-order valence-electron chi connectivity index (χ4n) is 3.97. The summed E-state index contributed by atoms with van der Waals surface area (Å²) in [6.45, 7) is 8.77. The number of carbonyl (C=O) groups is 1.